The zero-order valence-corrected chi connectivity index (χ0v) is 37.7. The Kier molecular flexibility index (Phi) is 29.6. The molecule has 0 radical (unpaired) electrons. The molecule has 0 aliphatic heterocycles. The van der Waals surface area contributed by atoms with Gasteiger partial charge in [0.1, 0.15) is 0 Å². The van der Waals surface area contributed by atoms with Crippen LogP contribution < -0.4 is 0 Å². The van der Waals surface area contributed by atoms with Gasteiger partial charge in [0.2, 0.25) is 0 Å². The quantitative estimate of drug-likeness (QED) is 0.0374. The van der Waals surface area contributed by atoms with Gasteiger partial charge >= 0.3 is 314 Å². The number of rotatable bonds is 34. The summed E-state index contributed by atoms with van der Waals surface area (Å²) in [4.78, 5) is 0. The summed E-state index contributed by atoms with van der Waals surface area (Å²) in [6.45, 7) is 11.4. The fourth-order valence-electron chi connectivity index (χ4n) is 7.39. The van der Waals surface area contributed by atoms with Crippen molar-refractivity contribution in [3.63, 3.8) is 0 Å². The summed E-state index contributed by atoms with van der Waals surface area (Å²) < 4.78 is 77.0. The predicted molar refractivity (Wildman–Crippen MR) is 225 cm³/mol. The van der Waals surface area contributed by atoms with E-state index in [-0.39, 0.29) is 0 Å². The Hall–Kier alpha value is 0.600. The molecule has 0 aromatic heterocycles. The van der Waals surface area contributed by atoms with E-state index in [2.05, 4.69) is 54.9 Å². The van der Waals surface area contributed by atoms with Crippen molar-refractivity contribution in [1.29, 1.82) is 0 Å². The van der Waals surface area contributed by atoms with Gasteiger partial charge in [-0.05, 0) is 0 Å². The first-order valence-electron chi connectivity index (χ1n) is 20.8. The van der Waals surface area contributed by atoms with Crippen molar-refractivity contribution < 1.29 is 33.9 Å². The van der Waals surface area contributed by atoms with Gasteiger partial charge in [-0.1, -0.05) is 0 Å². The van der Waals surface area contributed by atoms with Crippen molar-refractivity contribution >= 4 is 34.5 Å². The summed E-state index contributed by atoms with van der Waals surface area (Å²) in [6.07, 6.45) is 31.6. The van der Waals surface area contributed by atoms with E-state index < -0.39 is 34.5 Å². The van der Waals surface area contributed by atoms with Crippen LogP contribution in [0.5, 0.6) is 0 Å². The van der Waals surface area contributed by atoms with Crippen molar-refractivity contribution in [3.05, 3.63) is 0 Å². The number of unbranched alkanes of at least 4 members (excludes halogenated alkanes) is 18. The summed E-state index contributed by atoms with van der Waals surface area (Å²) in [7, 11) is -8.82. The van der Waals surface area contributed by atoms with Crippen molar-refractivity contribution in [3.8, 4) is 0 Å². The van der Waals surface area contributed by atoms with Crippen LogP contribution in [0, 0.1) is 0 Å². The van der Waals surface area contributed by atoms with Gasteiger partial charge in [-0.3, -0.25) is 0 Å². The van der Waals surface area contributed by atoms with Gasteiger partial charge < -0.3 is 0 Å². The second-order valence-corrected chi connectivity index (χ2v) is 30.4. The van der Waals surface area contributed by atoms with Crippen molar-refractivity contribution in [1.82, 2.24) is 0 Å². The van der Waals surface area contributed by atoms with Crippen LogP contribution in [0.4, 0.5) is 0 Å². The molecule has 0 amide bonds. The average Bonchev–Trinajstić information content (AvgIpc) is 3.02. The fourth-order valence-corrected chi connectivity index (χ4v) is 21.9. The third-order valence-corrected chi connectivity index (χ3v) is 25.2. The molecule has 0 fully saturated rings. The average molecular weight is 797 g/mol. The molecule has 50 heavy (non-hydrogen) atoms. The van der Waals surface area contributed by atoms with E-state index in [0.717, 1.165) is 153 Å². The first kappa shape index (κ1) is 52.7. The molecular weight excluding hydrogens is 710 g/mol. The first-order valence-corrected chi connectivity index (χ1v) is 29.8. The van der Waals surface area contributed by atoms with Gasteiger partial charge in [0, 0.05) is 0 Å². The van der Waals surface area contributed by atoms with Crippen LogP contribution in [0.3, 0.4) is 0 Å². The Morgan fingerprint density at radius 1 is 0.340 bits per heavy atom. The van der Waals surface area contributed by atoms with E-state index in [1.165, 1.54) is 38.5 Å². The Morgan fingerprint density at radius 3 is 0.620 bits per heavy atom. The van der Waals surface area contributed by atoms with E-state index in [4.69, 9.17) is 7.94 Å². The summed E-state index contributed by atoms with van der Waals surface area (Å²) in [5, 5.41) is 0. The van der Waals surface area contributed by atoms with Crippen LogP contribution in [-0.2, 0) is 28.7 Å². The molecule has 0 aliphatic rings. The molecule has 8 nitrogen and oxygen atoms in total. The Balaban J connectivity index is 0. The van der Waals surface area contributed by atoms with Gasteiger partial charge in [0.05, 0.1) is 0 Å². The second-order valence-electron chi connectivity index (χ2n) is 16.1. The standard InChI is InChI=1S/2C19H43O4PS/c2*1-5-8-11-14-17-24(4,23-25(20,21)22,18-15-12-9-6-2)19-16-13-10-7-3/h2*5-19H2,1-4H3,(H,20,21,22). The van der Waals surface area contributed by atoms with Gasteiger partial charge in [-0.2, -0.15) is 0 Å². The summed E-state index contributed by atoms with van der Waals surface area (Å²) >= 11 is 0. The second kappa shape index (κ2) is 28.1. The maximum atomic E-state index is 11.7. The van der Waals surface area contributed by atoms with E-state index in [1.807, 2.05) is 0 Å². The molecule has 0 rings (SSSR count). The monoisotopic (exact) mass is 797 g/mol. The van der Waals surface area contributed by atoms with E-state index in [0.29, 0.717) is 0 Å². The molecule has 0 heterocycles. The van der Waals surface area contributed by atoms with Crippen molar-refractivity contribution in [2.24, 2.45) is 0 Å². The molecule has 0 bridgehead atoms. The Labute approximate surface area is 313 Å². The summed E-state index contributed by atoms with van der Waals surface area (Å²) in [5.74, 6) is 0. The predicted octanol–water partition coefficient (Wildman–Crippen LogP) is 13.3. The van der Waals surface area contributed by atoms with E-state index in [1.54, 1.807) is 0 Å². The molecule has 0 saturated heterocycles. The molecule has 0 aromatic rings. The summed E-state index contributed by atoms with van der Waals surface area (Å²) in [5.41, 5.74) is 0. The van der Waals surface area contributed by atoms with Crippen LogP contribution in [0.15, 0.2) is 0 Å². The third kappa shape index (κ3) is 28.1. The minimum absolute atomic E-state index is 0.823. The molecule has 0 saturated carbocycles. The SMILES string of the molecule is CCCCCCP(C)(CCCCCC)(CCCCCC)OS(=O)(=O)O.CCCCCCP(C)(CCCCCC)(CCCCCC)OS(=O)(=O)O. The molecule has 2 N–H and O–H groups in total. The van der Waals surface area contributed by atoms with Crippen molar-refractivity contribution in [2.75, 3.05) is 50.3 Å². The topological polar surface area (TPSA) is 127 Å². The fraction of sp³-hybridized carbons (Fsp3) is 1.00. The number of hydrogen-bond acceptors (Lipinski definition) is 6. The molecule has 0 aliphatic carbocycles. The maximum absolute atomic E-state index is 11.7. The van der Waals surface area contributed by atoms with Crippen LogP contribution >= 0.6 is 13.7 Å². The summed E-state index contributed by atoms with van der Waals surface area (Å²) in [6, 6.07) is 0. The molecule has 308 valence electrons. The van der Waals surface area contributed by atoms with Gasteiger partial charge in [-0.25, -0.2) is 0 Å². The van der Waals surface area contributed by atoms with Gasteiger partial charge in [0.25, 0.3) is 0 Å². The van der Waals surface area contributed by atoms with Crippen LogP contribution in [-0.4, -0.2) is 76.2 Å². The minimum atomic E-state index is -4.41. The molecule has 12 heteroatoms. The third-order valence-electron chi connectivity index (χ3n) is 10.5. The van der Waals surface area contributed by atoms with Gasteiger partial charge in [-0.15, -0.1) is 0 Å². The molecule has 0 unspecified atom stereocenters. The van der Waals surface area contributed by atoms with Gasteiger partial charge in [0.15, 0.2) is 0 Å². The Morgan fingerprint density at radius 2 is 0.500 bits per heavy atom. The molecule has 0 aromatic carbocycles. The zero-order valence-electron chi connectivity index (χ0n) is 34.3. The van der Waals surface area contributed by atoms with E-state index in [9.17, 15) is 25.9 Å². The van der Waals surface area contributed by atoms with Crippen molar-refractivity contribution in [2.45, 2.75) is 196 Å². The molecular formula is C38H86O8P2S2. The normalized spacial score (nSPS) is 14.4. The Bertz CT molecular complexity index is 887. The molecule has 0 spiro atoms. The van der Waals surface area contributed by atoms with E-state index >= 15 is 0 Å². The number of hydrogen-bond donors (Lipinski definition) is 2. The van der Waals surface area contributed by atoms with Crippen LogP contribution in [0.2, 0.25) is 0 Å². The molecule has 0 atom stereocenters. The zero-order chi connectivity index (χ0) is 38.5. The first-order chi connectivity index (χ1) is 23.4. The van der Waals surface area contributed by atoms with Crippen LogP contribution in [0.1, 0.15) is 196 Å². The van der Waals surface area contributed by atoms with Crippen LogP contribution in [0.25, 0.3) is 0 Å².